The van der Waals surface area contributed by atoms with Crippen molar-refractivity contribution in [1.82, 2.24) is 20.0 Å². The molecule has 40 heavy (non-hydrogen) atoms. The lowest BCUT2D eigenvalue weighted by molar-refractivity contribution is -0.138. The number of thioether (sulfide) groups is 2. The Morgan fingerprint density at radius 1 is 1.05 bits per heavy atom. The van der Waals surface area contributed by atoms with E-state index < -0.39 is 23.8 Å². The highest BCUT2D eigenvalue weighted by Crippen LogP contribution is 2.28. The second-order valence-corrected chi connectivity index (χ2v) is 14.2. The van der Waals surface area contributed by atoms with Crippen LogP contribution in [0.15, 0.2) is 30.3 Å². The van der Waals surface area contributed by atoms with Crippen LogP contribution in [0.25, 0.3) is 0 Å². The van der Waals surface area contributed by atoms with Crippen molar-refractivity contribution in [3.8, 4) is 0 Å². The summed E-state index contributed by atoms with van der Waals surface area (Å²) in [5.41, 5.74) is 0.637. The fourth-order valence-corrected chi connectivity index (χ4v) is 7.90. The Hall–Kier alpha value is -1.91. The molecule has 222 valence electrons. The predicted octanol–water partition coefficient (Wildman–Crippen LogP) is 4.44. The summed E-state index contributed by atoms with van der Waals surface area (Å²) in [5.74, 6) is 2.89. The lowest BCUT2D eigenvalue weighted by Gasteiger charge is -2.37. The third-order valence-corrected chi connectivity index (χ3v) is 10.0. The maximum Gasteiger partial charge on any atom is 0.411 e. The highest BCUT2D eigenvalue weighted by atomic mass is 32.2. The zero-order valence-electron chi connectivity index (χ0n) is 24.3. The van der Waals surface area contributed by atoms with Crippen molar-refractivity contribution in [1.29, 1.82) is 0 Å². The molecule has 10 heteroatoms. The molecule has 2 aliphatic heterocycles. The molecule has 0 aromatic heterocycles. The maximum atomic E-state index is 13.8. The number of carbonyl (C=O) groups excluding carboxylic acids is 3. The maximum absolute atomic E-state index is 13.8. The van der Waals surface area contributed by atoms with Gasteiger partial charge in [0.15, 0.2) is 0 Å². The minimum Gasteiger partial charge on any atom is -0.444 e. The molecule has 0 spiro atoms. The van der Waals surface area contributed by atoms with Gasteiger partial charge in [0, 0.05) is 44.2 Å². The van der Waals surface area contributed by atoms with Crippen molar-refractivity contribution in [3.05, 3.63) is 35.9 Å². The van der Waals surface area contributed by atoms with Gasteiger partial charge in [0.2, 0.25) is 11.8 Å². The first-order chi connectivity index (χ1) is 19.2. The molecule has 1 aliphatic carbocycles. The molecule has 0 radical (unpaired) electrons. The van der Waals surface area contributed by atoms with Crippen LogP contribution in [0.3, 0.4) is 0 Å². The van der Waals surface area contributed by atoms with E-state index in [1.165, 1.54) is 54.3 Å². The fourth-order valence-electron chi connectivity index (χ4n) is 5.50. The summed E-state index contributed by atoms with van der Waals surface area (Å²) in [4.78, 5) is 45.8. The summed E-state index contributed by atoms with van der Waals surface area (Å²) in [6, 6.07) is 9.16. The summed E-state index contributed by atoms with van der Waals surface area (Å²) in [7, 11) is 0. The van der Waals surface area contributed by atoms with Crippen molar-refractivity contribution < 1.29 is 19.1 Å². The summed E-state index contributed by atoms with van der Waals surface area (Å²) in [6.45, 7) is 9.25. The second-order valence-electron chi connectivity index (χ2n) is 12.2. The van der Waals surface area contributed by atoms with E-state index in [4.69, 9.17) is 4.74 Å². The van der Waals surface area contributed by atoms with Crippen LogP contribution in [-0.2, 0) is 20.9 Å². The van der Waals surface area contributed by atoms with Crippen LogP contribution in [-0.4, -0.2) is 99.6 Å². The molecule has 8 nitrogen and oxygen atoms in total. The number of nitrogens with one attached hydrogen (secondary N) is 1. The van der Waals surface area contributed by atoms with E-state index in [-0.39, 0.29) is 11.8 Å². The van der Waals surface area contributed by atoms with Gasteiger partial charge in [-0.3, -0.25) is 19.4 Å². The van der Waals surface area contributed by atoms with Gasteiger partial charge in [-0.05, 0) is 50.8 Å². The van der Waals surface area contributed by atoms with Gasteiger partial charge in [-0.25, -0.2) is 4.79 Å². The number of nitrogens with zero attached hydrogens (tertiary/aromatic N) is 3. The van der Waals surface area contributed by atoms with E-state index in [0.717, 1.165) is 25.4 Å². The van der Waals surface area contributed by atoms with Crippen LogP contribution in [0.2, 0.25) is 0 Å². The zero-order chi connectivity index (χ0) is 28.5. The third kappa shape index (κ3) is 9.31. The Morgan fingerprint density at radius 2 is 1.75 bits per heavy atom. The lowest BCUT2D eigenvalue weighted by atomic mass is 9.91. The zero-order valence-corrected chi connectivity index (χ0v) is 25.9. The average Bonchev–Trinajstić information content (AvgIpc) is 3.44. The Balaban J connectivity index is 1.36. The minimum atomic E-state index is -0.638. The number of hydrogen-bond donors (Lipinski definition) is 1. The van der Waals surface area contributed by atoms with Crippen molar-refractivity contribution >= 4 is 41.4 Å². The number of piperazine rings is 1. The van der Waals surface area contributed by atoms with Gasteiger partial charge in [0.25, 0.3) is 0 Å². The first-order valence-corrected chi connectivity index (χ1v) is 17.0. The first-order valence-electron chi connectivity index (χ1n) is 14.7. The van der Waals surface area contributed by atoms with Crippen LogP contribution in [0.5, 0.6) is 0 Å². The number of hydrogen-bond acceptors (Lipinski definition) is 7. The molecule has 1 unspecified atom stereocenters. The summed E-state index contributed by atoms with van der Waals surface area (Å²) in [5, 5.41) is 3.07. The van der Waals surface area contributed by atoms with Gasteiger partial charge in [-0.2, -0.15) is 11.8 Å². The molecule has 2 heterocycles. The van der Waals surface area contributed by atoms with E-state index in [1.807, 2.05) is 31.7 Å². The van der Waals surface area contributed by atoms with Gasteiger partial charge in [0.1, 0.15) is 17.7 Å². The summed E-state index contributed by atoms with van der Waals surface area (Å²) in [6.07, 6.45) is 5.93. The number of ether oxygens (including phenoxy) is 1. The molecule has 1 aromatic carbocycles. The van der Waals surface area contributed by atoms with Crippen molar-refractivity contribution in [2.24, 2.45) is 5.92 Å². The third-order valence-electron chi connectivity index (χ3n) is 7.72. The van der Waals surface area contributed by atoms with E-state index >= 15 is 0 Å². The SMILES string of the molecule is CC(C)(C)OC(=O)N1CSCC1C(=O)N[C@@H](CSCC1CCCCC1)C(=O)N1CCN(Cc2ccccc2)CC1. The van der Waals surface area contributed by atoms with Crippen LogP contribution in [0.1, 0.15) is 58.4 Å². The van der Waals surface area contributed by atoms with Crippen LogP contribution in [0.4, 0.5) is 4.79 Å². The second kappa shape index (κ2) is 14.8. The van der Waals surface area contributed by atoms with E-state index in [0.29, 0.717) is 36.4 Å². The van der Waals surface area contributed by atoms with E-state index in [9.17, 15) is 14.4 Å². The fraction of sp³-hybridized carbons (Fsp3) is 0.700. The van der Waals surface area contributed by atoms with Gasteiger partial charge < -0.3 is 15.0 Å². The van der Waals surface area contributed by atoms with Crippen LogP contribution < -0.4 is 5.32 Å². The Morgan fingerprint density at radius 3 is 2.42 bits per heavy atom. The quantitative estimate of drug-likeness (QED) is 0.456. The summed E-state index contributed by atoms with van der Waals surface area (Å²) < 4.78 is 5.54. The van der Waals surface area contributed by atoms with Gasteiger partial charge in [-0.1, -0.05) is 49.6 Å². The topological polar surface area (TPSA) is 82.2 Å². The van der Waals surface area contributed by atoms with Crippen molar-refractivity contribution in [2.45, 2.75) is 77.1 Å². The highest BCUT2D eigenvalue weighted by Gasteiger charge is 2.39. The van der Waals surface area contributed by atoms with Crippen LogP contribution >= 0.6 is 23.5 Å². The van der Waals surface area contributed by atoms with E-state index in [1.54, 1.807) is 11.8 Å². The molecule has 1 saturated carbocycles. The number of rotatable bonds is 9. The van der Waals surface area contributed by atoms with Crippen LogP contribution in [0, 0.1) is 5.92 Å². The smallest absolute Gasteiger partial charge is 0.411 e. The standard InChI is InChI=1S/C30H46N4O4S2/c1-30(2,3)38-29(37)34-22-40-21-26(34)27(35)31-25(20-39-19-24-12-8-5-9-13-24)28(36)33-16-14-32(15-17-33)18-23-10-6-4-7-11-23/h4,6-7,10-11,24-26H,5,8-9,12-22H2,1-3H3,(H,31,35)/t25-,26?/m0/s1. The Labute approximate surface area is 248 Å². The molecular formula is C30H46N4O4S2. The highest BCUT2D eigenvalue weighted by molar-refractivity contribution is 7.99. The molecule has 3 fully saturated rings. The van der Waals surface area contributed by atoms with Gasteiger partial charge in [-0.15, -0.1) is 11.8 Å². The predicted molar refractivity (Wildman–Crippen MR) is 163 cm³/mol. The van der Waals surface area contributed by atoms with Crippen molar-refractivity contribution in [3.63, 3.8) is 0 Å². The normalized spacial score (nSPS) is 21.7. The number of carbonyl (C=O) groups is 3. The molecule has 0 bridgehead atoms. The minimum absolute atomic E-state index is 0.0154. The van der Waals surface area contributed by atoms with Crippen molar-refractivity contribution in [2.75, 3.05) is 49.3 Å². The molecule has 4 rings (SSSR count). The van der Waals surface area contributed by atoms with Gasteiger partial charge >= 0.3 is 6.09 Å². The molecule has 1 aromatic rings. The Kier molecular flexibility index (Phi) is 11.5. The Bertz CT molecular complexity index is 976. The largest absolute Gasteiger partial charge is 0.444 e. The van der Waals surface area contributed by atoms with Gasteiger partial charge in [0.05, 0.1) is 5.88 Å². The molecule has 3 amide bonds. The molecule has 3 aliphatic rings. The molecular weight excluding hydrogens is 544 g/mol. The van der Waals surface area contributed by atoms with E-state index in [2.05, 4.69) is 34.5 Å². The monoisotopic (exact) mass is 590 g/mol. The lowest BCUT2D eigenvalue weighted by Crippen LogP contribution is -2.58. The summed E-state index contributed by atoms with van der Waals surface area (Å²) >= 11 is 3.31. The number of benzene rings is 1. The number of amides is 3. The molecule has 2 saturated heterocycles. The first kappa shape index (κ1) is 31.0. The average molecular weight is 591 g/mol. The molecule has 1 N–H and O–H groups in total. The molecule has 2 atom stereocenters.